The van der Waals surface area contributed by atoms with Gasteiger partial charge in [0.05, 0.1) is 16.2 Å². The average molecular weight is 352 g/mol. The van der Waals surface area contributed by atoms with E-state index in [1.165, 1.54) is 0 Å². The van der Waals surface area contributed by atoms with Crippen LogP contribution in [0.1, 0.15) is 25.8 Å². The van der Waals surface area contributed by atoms with Crippen LogP contribution in [-0.4, -0.2) is 40.4 Å². The number of benzene rings is 1. The summed E-state index contributed by atoms with van der Waals surface area (Å²) in [6, 6.07) is 5.68. The lowest BCUT2D eigenvalue weighted by Gasteiger charge is -2.20. The molecule has 1 amide bonds. The molecule has 1 aromatic carbocycles. The summed E-state index contributed by atoms with van der Waals surface area (Å²) in [4.78, 5) is 12.1. The highest BCUT2D eigenvalue weighted by Gasteiger charge is 2.32. The van der Waals surface area contributed by atoms with Gasteiger partial charge < -0.3 is 9.47 Å². The van der Waals surface area contributed by atoms with Gasteiger partial charge in [0.15, 0.2) is 11.5 Å². The summed E-state index contributed by atoms with van der Waals surface area (Å²) < 4.78 is 11.0. The molecule has 23 heavy (non-hydrogen) atoms. The lowest BCUT2D eigenvalue weighted by atomic mass is 10.1. The van der Waals surface area contributed by atoms with Gasteiger partial charge in [0.2, 0.25) is 5.91 Å². The molecule has 0 radical (unpaired) electrons. The van der Waals surface area contributed by atoms with Crippen molar-refractivity contribution in [3.63, 3.8) is 0 Å². The predicted molar refractivity (Wildman–Crippen MR) is 95.7 cm³/mol. The van der Waals surface area contributed by atoms with E-state index in [1.807, 2.05) is 48.6 Å². The Labute approximate surface area is 144 Å². The van der Waals surface area contributed by atoms with Crippen LogP contribution in [0.25, 0.3) is 0 Å². The zero-order chi connectivity index (χ0) is 16.3. The molecule has 0 aliphatic carbocycles. The maximum Gasteiger partial charge on any atom is 0.242 e. The van der Waals surface area contributed by atoms with E-state index in [0.717, 1.165) is 34.3 Å². The Kier molecular flexibility index (Phi) is 5.06. The first kappa shape index (κ1) is 16.5. The van der Waals surface area contributed by atoms with E-state index in [2.05, 4.69) is 17.5 Å². The number of hydrazone groups is 1. The maximum atomic E-state index is 12.1. The van der Waals surface area contributed by atoms with E-state index in [1.54, 1.807) is 0 Å². The number of fused-ring (bicyclic) bond motifs is 1. The molecule has 0 saturated carbocycles. The number of amides is 1. The van der Waals surface area contributed by atoms with Crippen molar-refractivity contribution >= 4 is 35.1 Å². The van der Waals surface area contributed by atoms with Crippen molar-refractivity contribution in [1.82, 2.24) is 5.43 Å². The Balaban J connectivity index is 1.62. The molecule has 1 saturated heterocycles. The van der Waals surface area contributed by atoms with Crippen LogP contribution in [0.3, 0.4) is 0 Å². The molecule has 0 unspecified atom stereocenters. The van der Waals surface area contributed by atoms with Crippen molar-refractivity contribution in [3.05, 3.63) is 23.8 Å². The third-order valence-electron chi connectivity index (χ3n) is 3.69. The molecular formula is C16H20N2O3S2. The van der Waals surface area contributed by atoms with Crippen molar-refractivity contribution in [3.8, 4) is 11.5 Å². The summed E-state index contributed by atoms with van der Waals surface area (Å²) in [7, 11) is 0. The molecule has 3 rings (SSSR count). The minimum atomic E-state index is -0.0497. The number of thioether (sulfide) groups is 2. The molecular weight excluding hydrogens is 332 g/mol. The first-order valence-corrected chi connectivity index (χ1v) is 9.54. The van der Waals surface area contributed by atoms with E-state index in [-0.39, 0.29) is 9.99 Å². The van der Waals surface area contributed by atoms with Crippen LogP contribution >= 0.6 is 23.5 Å². The second-order valence-corrected chi connectivity index (χ2v) is 9.05. The van der Waals surface area contributed by atoms with E-state index < -0.39 is 0 Å². The summed E-state index contributed by atoms with van der Waals surface area (Å²) in [5, 5.41) is 4.22. The van der Waals surface area contributed by atoms with Crippen LogP contribution in [0.4, 0.5) is 0 Å². The Morgan fingerprint density at radius 1 is 1.26 bits per heavy atom. The van der Waals surface area contributed by atoms with Gasteiger partial charge in [-0.3, -0.25) is 4.79 Å². The second kappa shape index (κ2) is 7.05. The summed E-state index contributed by atoms with van der Waals surface area (Å²) in [6.45, 7) is 5.11. The highest BCUT2D eigenvalue weighted by atomic mass is 32.2. The first-order chi connectivity index (χ1) is 11.1. The largest absolute Gasteiger partial charge is 0.486 e. The molecule has 2 aliphatic rings. The van der Waals surface area contributed by atoms with Crippen LogP contribution in [0.5, 0.6) is 11.5 Å². The molecule has 0 aromatic heterocycles. The van der Waals surface area contributed by atoms with Gasteiger partial charge in [-0.2, -0.15) is 5.10 Å². The van der Waals surface area contributed by atoms with Gasteiger partial charge in [0.1, 0.15) is 13.2 Å². The first-order valence-electron chi connectivity index (χ1n) is 7.57. The van der Waals surface area contributed by atoms with E-state index >= 15 is 0 Å². The third kappa shape index (κ3) is 4.14. The number of rotatable bonds is 4. The maximum absolute atomic E-state index is 12.1. The normalized spacial score (nSPS) is 19.5. The standard InChI is InChI=1S/C16H20N2O3S2/c1-11(12-3-4-13-14(9-12)21-6-5-20-13)17-18-15(19)10-16(2)22-7-8-23-16/h3-4,9H,5-8,10H2,1-2H3,(H,18,19)/b17-11+. The van der Waals surface area contributed by atoms with E-state index in [0.29, 0.717) is 19.6 Å². The molecule has 2 heterocycles. The van der Waals surface area contributed by atoms with Crippen molar-refractivity contribution in [2.75, 3.05) is 24.7 Å². The quantitative estimate of drug-likeness (QED) is 0.667. The molecule has 0 atom stereocenters. The van der Waals surface area contributed by atoms with Crippen molar-refractivity contribution in [2.45, 2.75) is 24.3 Å². The number of hydrogen-bond donors (Lipinski definition) is 1. The Morgan fingerprint density at radius 2 is 1.96 bits per heavy atom. The molecule has 1 aromatic rings. The van der Waals surface area contributed by atoms with Gasteiger partial charge in [-0.15, -0.1) is 23.5 Å². The summed E-state index contributed by atoms with van der Waals surface area (Å²) in [5.41, 5.74) is 4.31. The molecule has 7 heteroatoms. The van der Waals surface area contributed by atoms with Crippen LogP contribution < -0.4 is 14.9 Å². The SMILES string of the molecule is C/C(=N\NC(=O)CC1(C)SCCS1)c1ccc2c(c1)OCCO2. The minimum Gasteiger partial charge on any atom is -0.486 e. The highest BCUT2D eigenvalue weighted by Crippen LogP contribution is 2.45. The number of carbonyl (C=O) groups is 1. The van der Waals surface area contributed by atoms with Gasteiger partial charge in [-0.25, -0.2) is 5.43 Å². The number of ether oxygens (including phenoxy) is 2. The number of nitrogens with one attached hydrogen (secondary N) is 1. The molecule has 0 spiro atoms. The molecule has 5 nitrogen and oxygen atoms in total. The number of hydrogen-bond acceptors (Lipinski definition) is 6. The van der Waals surface area contributed by atoms with Crippen LogP contribution in [0, 0.1) is 0 Å². The Bertz CT molecular complexity index is 628. The molecule has 0 bridgehead atoms. The van der Waals surface area contributed by atoms with Crippen LogP contribution in [0.2, 0.25) is 0 Å². The molecule has 124 valence electrons. The van der Waals surface area contributed by atoms with Gasteiger partial charge in [-0.1, -0.05) is 0 Å². The molecule has 1 N–H and O–H groups in total. The minimum absolute atomic E-state index is 0.0233. The third-order valence-corrected chi connectivity index (χ3v) is 6.98. The highest BCUT2D eigenvalue weighted by molar-refractivity contribution is 8.21. The monoisotopic (exact) mass is 352 g/mol. The fraction of sp³-hybridized carbons (Fsp3) is 0.500. The van der Waals surface area contributed by atoms with Gasteiger partial charge >= 0.3 is 0 Å². The summed E-state index contributed by atoms with van der Waals surface area (Å²) in [6.07, 6.45) is 0.472. The van der Waals surface area contributed by atoms with Crippen LogP contribution in [-0.2, 0) is 4.79 Å². The zero-order valence-corrected chi connectivity index (χ0v) is 14.9. The topological polar surface area (TPSA) is 59.9 Å². The number of carbonyl (C=O) groups excluding carboxylic acids is 1. The molecule has 2 aliphatic heterocycles. The van der Waals surface area contributed by atoms with Crippen molar-refractivity contribution in [1.29, 1.82) is 0 Å². The summed E-state index contributed by atoms with van der Waals surface area (Å²) in [5.74, 6) is 3.63. The van der Waals surface area contributed by atoms with Crippen molar-refractivity contribution in [2.24, 2.45) is 5.10 Å². The van der Waals surface area contributed by atoms with Crippen molar-refractivity contribution < 1.29 is 14.3 Å². The zero-order valence-electron chi connectivity index (χ0n) is 13.3. The smallest absolute Gasteiger partial charge is 0.242 e. The van der Waals surface area contributed by atoms with E-state index in [4.69, 9.17) is 9.47 Å². The van der Waals surface area contributed by atoms with E-state index in [9.17, 15) is 4.79 Å². The number of nitrogens with zero attached hydrogens (tertiary/aromatic N) is 1. The lowest BCUT2D eigenvalue weighted by molar-refractivity contribution is -0.121. The predicted octanol–water partition coefficient (Wildman–Crippen LogP) is 2.88. The fourth-order valence-corrected chi connectivity index (χ4v) is 5.30. The lowest BCUT2D eigenvalue weighted by Crippen LogP contribution is -2.26. The van der Waals surface area contributed by atoms with Crippen LogP contribution in [0.15, 0.2) is 23.3 Å². The second-order valence-electron chi connectivity index (χ2n) is 5.60. The molecule has 1 fully saturated rings. The Morgan fingerprint density at radius 3 is 2.70 bits per heavy atom. The average Bonchev–Trinajstić information content (AvgIpc) is 2.98. The van der Waals surface area contributed by atoms with Gasteiger partial charge in [0, 0.05) is 17.1 Å². The fourth-order valence-electron chi connectivity index (χ4n) is 2.47. The van der Waals surface area contributed by atoms with Gasteiger partial charge in [-0.05, 0) is 32.0 Å². The summed E-state index contributed by atoms with van der Waals surface area (Å²) >= 11 is 3.68. The Hall–Kier alpha value is -1.34. The van der Waals surface area contributed by atoms with Gasteiger partial charge in [0.25, 0.3) is 0 Å².